The van der Waals surface area contributed by atoms with Crippen molar-refractivity contribution in [2.75, 3.05) is 5.32 Å². The molecule has 1 amide bonds. The van der Waals surface area contributed by atoms with Crippen LogP contribution in [0.3, 0.4) is 0 Å². The molecule has 10 heteroatoms. The van der Waals surface area contributed by atoms with Gasteiger partial charge in [0.15, 0.2) is 5.69 Å². The Hall–Kier alpha value is -2.65. The second kappa shape index (κ2) is 8.00. The molecule has 0 bridgehead atoms. The number of nitrogens with one attached hydrogen (secondary N) is 1. The van der Waals surface area contributed by atoms with Gasteiger partial charge in [-0.1, -0.05) is 33.6 Å². The van der Waals surface area contributed by atoms with E-state index in [4.69, 9.17) is 11.6 Å². The van der Waals surface area contributed by atoms with Crippen LogP contribution in [-0.4, -0.2) is 15.7 Å². The number of rotatable bonds is 3. The Bertz CT molecular complexity index is 1160. The van der Waals surface area contributed by atoms with Crippen LogP contribution in [0.15, 0.2) is 57.8 Å². The van der Waals surface area contributed by atoms with Crippen LogP contribution < -0.4 is 10.7 Å². The molecule has 29 heavy (non-hydrogen) atoms. The molecule has 1 heterocycles. The van der Waals surface area contributed by atoms with Gasteiger partial charge in [-0.15, -0.1) is 0 Å². The summed E-state index contributed by atoms with van der Waals surface area (Å²) in [6, 6.07) is 10.3. The summed E-state index contributed by atoms with van der Waals surface area (Å²) in [6.45, 7) is 1.50. The predicted molar refractivity (Wildman–Crippen MR) is 107 cm³/mol. The molecule has 0 unspecified atom stereocenters. The number of aryl methyl sites for hydroxylation is 1. The van der Waals surface area contributed by atoms with Crippen molar-refractivity contribution in [3.63, 3.8) is 0 Å². The molecular formula is C19H12BrClF3N3O2. The lowest BCUT2D eigenvalue weighted by Crippen LogP contribution is -2.27. The Morgan fingerprint density at radius 3 is 2.55 bits per heavy atom. The number of aromatic nitrogens is 2. The summed E-state index contributed by atoms with van der Waals surface area (Å²) < 4.78 is 40.8. The van der Waals surface area contributed by atoms with Gasteiger partial charge >= 0.3 is 6.18 Å². The highest BCUT2D eigenvalue weighted by molar-refractivity contribution is 9.10. The van der Waals surface area contributed by atoms with Gasteiger partial charge in [0.2, 0.25) is 5.43 Å². The zero-order valence-electron chi connectivity index (χ0n) is 14.7. The average Bonchev–Trinajstić information content (AvgIpc) is 2.63. The quantitative estimate of drug-likeness (QED) is 0.552. The summed E-state index contributed by atoms with van der Waals surface area (Å²) >= 11 is 9.30. The molecule has 0 fully saturated rings. The summed E-state index contributed by atoms with van der Waals surface area (Å²) in [6.07, 6.45) is -4.54. The Morgan fingerprint density at radius 1 is 1.17 bits per heavy atom. The van der Waals surface area contributed by atoms with E-state index in [1.165, 1.54) is 25.1 Å². The third-order valence-corrected chi connectivity index (χ3v) is 4.73. The molecule has 0 aliphatic carbocycles. The standard InChI is InChI=1S/C19H12BrClF3N3O2/c1-10-7-16(28)17(18(29)25-15-6-5-12(20)9-14(15)21)26-27(10)13-4-2-3-11(8-13)19(22,23)24/h2-9H,1H3,(H,25,29). The van der Waals surface area contributed by atoms with Gasteiger partial charge in [-0.3, -0.25) is 9.59 Å². The summed E-state index contributed by atoms with van der Waals surface area (Å²) in [5.74, 6) is -0.833. The largest absolute Gasteiger partial charge is 0.416 e. The number of halogens is 5. The van der Waals surface area contributed by atoms with E-state index in [9.17, 15) is 22.8 Å². The molecule has 0 radical (unpaired) electrons. The maximum atomic E-state index is 13.0. The third-order valence-electron chi connectivity index (χ3n) is 3.92. The number of alkyl halides is 3. The van der Waals surface area contributed by atoms with Gasteiger partial charge in [0.1, 0.15) is 0 Å². The van der Waals surface area contributed by atoms with E-state index in [0.29, 0.717) is 4.47 Å². The molecule has 5 nitrogen and oxygen atoms in total. The summed E-state index contributed by atoms with van der Waals surface area (Å²) in [4.78, 5) is 24.8. The number of anilines is 1. The maximum absolute atomic E-state index is 13.0. The van der Waals surface area contributed by atoms with Gasteiger partial charge < -0.3 is 5.32 Å². The first-order valence-electron chi connectivity index (χ1n) is 8.11. The molecule has 0 aliphatic rings. The van der Waals surface area contributed by atoms with E-state index >= 15 is 0 Å². The molecule has 0 saturated carbocycles. The molecule has 1 aromatic heterocycles. The van der Waals surface area contributed by atoms with Crippen LogP contribution in [0.1, 0.15) is 21.7 Å². The maximum Gasteiger partial charge on any atom is 0.416 e. The molecule has 0 atom stereocenters. The van der Waals surface area contributed by atoms with Gasteiger partial charge in [0.25, 0.3) is 5.91 Å². The van der Waals surface area contributed by atoms with E-state index in [2.05, 4.69) is 26.3 Å². The number of carbonyl (C=O) groups is 1. The molecule has 0 aliphatic heterocycles. The highest BCUT2D eigenvalue weighted by atomic mass is 79.9. The van der Waals surface area contributed by atoms with Gasteiger partial charge in [-0.25, -0.2) is 4.68 Å². The fraction of sp³-hybridized carbons (Fsp3) is 0.105. The number of benzene rings is 2. The molecular weight excluding hydrogens is 475 g/mol. The fourth-order valence-corrected chi connectivity index (χ4v) is 3.27. The van der Waals surface area contributed by atoms with Crippen LogP contribution in [-0.2, 0) is 6.18 Å². The number of carbonyl (C=O) groups excluding carboxylic acids is 1. The minimum absolute atomic E-state index is 0.0630. The third kappa shape index (κ3) is 4.68. The van der Waals surface area contributed by atoms with E-state index in [1.807, 2.05) is 0 Å². The SMILES string of the molecule is Cc1cc(=O)c(C(=O)Nc2ccc(Br)cc2Cl)nn1-c1cccc(C(F)(F)F)c1. The normalized spacial score (nSPS) is 11.4. The van der Waals surface area contributed by atoms with Crippen molar-refractivity contribution in [3.05, 3.63) is 85.2 Å². The number of hydrogen-bond donors (Lipinski definition) is 1. The fourth-order valence-electron chi connectivity index (χ4n) is 2.55. The summed E-state index contributed by atoms with van der Waals surface area (Å²) in [7, 11) is 0. The first-order valence-corrected chi connectivity index (χ1v) is 9.28. The first kappa shape index (κ1) is 21.1. The molecule has 2 aromatic carbocycles. The van der Waals surface area contributed by atoms with Gasteiger partial charge in [0, 0.05) is 16.2 Å². The summed E-state index contributed by atoms with van der Waals surface area (Å²) in [5, 5.41) is 6.70. The van der Waals surface area contributed by atoms with Gasteiger partial charge in [0.05, 0.1) is 22.0 Å². The van der Waals surface area contributed by atoms with Crippen molar-refractivity contribution in [2.24, 2.45) is 0 Å². The highest BCUT2D eigenvalue weighted by Gasteiger charge is 2.30. The molecule has 3 aromatic rings. The van der Waals surface area contributed by atoms with Crippen molar-refractivity contribution in [1.29, 1.82) is 0 Å². The van der Waals surface area contributed by atoms with Crippen LogP contribution in [0.25, 0.3) is 5.69 Å². The van der Waals surface area contributed by atoms with E-state index in [-0.39, 0.29) is 22.1 Å². The Morgan fingerprint density at radius 2 is 1.90 bits per heavy atom. The highest BCUT2D eigenvalue weighted by Crippen LogP contribution is 2.30. The van der Waals surface area contributed by atoms with Crippen LogP contribution >= 0.6 is 27.5 Å². The van der Waals surface area contributed by atoms with Crippen LogP contribution in [0.5, 0.6) is 0 Å². The monoisotopic (exact) mass is 485 g/mol. The zero-order valence-corrected chi connectivity index (χ0v) is 17.1. The molecule has 3 rings (SSSR count). The summed E-state index contributed by atoms with van der Waals surface area (Å²) in [5.41, 5.74) is -1.43. The average molecular weight is 487 g/mol. The van der Waals surface area contributed by atoms with Gasteiger partial charge in [-0.05, 0) is 43.3 Å². The second-order valence-electron chi connectivity index (χ2n) is 6.04. The topological polar surface area (TPSA) is 64.0 Å². The molecule has 1 N–H and O–H groups in total. The molecule has 0 saturated heterocycles. The minimum Gasteiger partial charge on any atom is -0.319 e. The minimum atomic E-state index is -4.54. The van der Waals surface area contributed by atoms with Gasteiger partial charge in [-0.2, -0.15) is 18.3 Å². The lowest BCUT2D eigenvalue weighted by molar-refractivity contribution is -0.137. The van der Waals surface area contributed by atoms with Crippen molar-refractivity contribution in [1.82, 2.24) is 9.78 Å². The first-order chi connectivity index (χ1) is 13.6. The Balaban J connectivity index is 2.02. The van der Waals surface area contributed by atoms with Crippen molar-refractivity contribution in [3.8, 4) is 5.69 Å². The predicted octanol–water partition coefficient (Wildman–Crippen LogP) is 5.23. The number of amides is 1. The number of hydrogen-bond acceptors (Lipinski definition) is 3. The second-order valence-corrected chi connectivity index (χ2v) is 7.36. The van der Waals surface area contributed by atoms with Crippen molar-refractivity contribution < 1.29 is 18.0 Å². The van der Waals surface area contributed by atoms with Crippen LogP contribution in [0.4, 0.5) is 18.9 Å². The van der Waals surface area contributed by atoms with Crippen molar-refractivity contribution in [2.45, 2.75) is 13.1 Å². The van der Waals surface area contributed by atoms with E-state index < -0.39 is 28.8 Å². The van der Waals surface area contributed by atoms with Crippen LogP contribution in [0.2, 0.25) is 5.02 Å². The van der Waals surface area contributed by atoms with Crippen LogP contribution in [0, 0.1) is 6.92 Å². The Labute approximate surface area is 176 Å². The lowest BCUT2D eigenvalue weighted by atomic mass is 10.2. The van der Waals surface area contributed by atoms with Crippen molar-refractivity contribution >= 4 is 39.1 Å². The molecule has 0 spiro atoms. The number of nitrogens with zero attached hydrogens (tertiary/aromatic N) is 2. The lowest BCUT2D eigenvalue weighted by Gasteiger charge is -2.14. The smallest absolute Gasteiger partial charge is 0.319 e. The Kier molecular flexibility index (Phi) is 5.81. The zero-order chi connectivity index (χ0) is 21.3. The van der Waals surface area contributed by atoms with E-state index in [0.717, 1.165) is 22.9 Å². The molecule has 150 valence electrons. The van der Waals surface area contributed by atoms with E-state index in [1.54, 1.807) is 12.1 Å².